The van der Waals surface area contributed by atoms with Crippen LogP contribution in [0.5, 0.6) is 0 Å². The van der Waals surface area contributed by atoms with E-state index < -0.39 is 0 Å². The monoisotopic (exact) mass is 257 g/mol. The van der Waals surface area contributed by atoms with Gasteiger partial charge in [0.2, 0.25) is 0 Å². The Morgan fingerprint density at radius 1 is 1.43 bits per heavy atom. The predicted octanol–water partition coefficient (Wildman–Crippen LogP) is 2.18. The Bertz CT molecular complexity index is 301. The first-order valence-corrected chi connectivity index (χ1v) is 5.47. The topological polar surface area (TPSA) is 23.5 Å². The molecule has 1 aromatic rings. The summed E-state index contributed by atoms with van der Waals surface area (Å²) in [6, 6.07) is 6.28. The number of nitrogens with zero attached hydrogens (tertiary/aromatic N) is 1. The smallest absolute Gasteiger partial charge is 0.0558 e. The Balaban J connectivity index is 2.70. The molecule has 0 bridgehead atoms. The minimum atomic E-state index is 0.212. The fourth-order valence-electron chi connectivity index (χ4n) is 1.35. The molecule has 0 heterocycles. The summed E-state index contributed by atoms with van der Waals surface area (Å²) in [4.78, 5) is 2.11. The van der Waals surface area contributed by atoms with Crippen LogP contribution in [0.3, 0.4) is 0 Å². The summed E-state index contributed by atoms with van der Waals surface area (Å²) in [5.41, 5.74) is 2.59. The Morgan fingerprint density at radius 2 is 2.14 bits per heavy atom. The third-order valence-corrected chi connectivity index (χ3v) is 2.73. The normalized spacial score (nSPS) is 10.9. The summed E-state index contributed by atoms with van der Waals surface area (Å²) >= 11 is 3.46. The lowest BCUT2D eigenvalue weighted by Gasteiger charge is -2.16. The summed E-state index contributed by atoms with van der Waals surface area (Å²) in [7, 11) is 2.01. The summed E-state index contributed by atoms with van der Waals surface area (Å²) in [5, 5.41) is 8.79. The van der Waals surface area contributed by atoms with Gasteiger partial charge in [0.05, 0.1) is 6.61 Å². The highest BCUT2D eigenvalue weighted by atomic mass is 79.9. The molecule has 0 saturated heterocycles. The molecule has 0 unspecified atom stereocenters. The molecule has 0 spiro atoms. The molecule has 0 radical (unpaired) electrons. The molecule has 78 valence electrons. The van der Waals surface area contributed by atoms with Gasteiger partial charge in [0, 0.05) is 17.6 Å². The SMILES string of the molecule is Cc1ccc(Br)cc1CN(C)CCO. The van der Waals surface area contributed by atoms with E-state index in [0.717, 1.165) is 11.0 Å². The Morgan fingerprint density at radius 3 is 2.79 bits per heavy atom. The fraction of sp³-hybridized carbons (Fsp3) is 0.455. The molecule has 0 atom stereocenters. The second-order valence-corrected chi connectivity index (χ2v) is 4.45. The number of hydrogen-bond acceptors (Lipinski definition) is 2. The average Bonchev–Trinajstić information content (AvgIpc) is 2.12. The zero-order valence-corrected chi connectivity index (χ0v) is 10.2. The predicted molar refractivity (Wildman–Crippen MR) is 62.3 cm³/mol. The van der Waals surface area contributed by atoms with Gasteiger partial charge >= 0.3 is 0 Å². The molecule has 0 aliphatic heterocycles. The molecular weight excluding hydrogens is 242 g/mol. The average molecular weight is 258 g/mol. The van der Waals surface area contributed by atoms with Crippen LogP contribution in [-0.4, -0.2) is 30.2 Å². The fourth-order valence-corrected chi connectivity index (χ4v) is 1.76. The van der Waals surface area contributed by atoms with E-state index in [1.165, 1.54) is 11.1 Å². The molecule has 2 nitrogen and oxygen atoms in total. The quantitative estimate of drug-likeness (QED) is 0.894. The van der Waals surface area contributed by atoms with Crippen LogP contribution in [0, 0.1) is 6.92 Å². The third-order valence-electron chi connectivity index (χ3n) is 2.23. The molecule has 1 N–H and O–H groups in total. The van der Waals surface area contributed by atoms with Crippen LogP contribution in [0.25, 0.3) is 0 Å². The Kier molecular flexibility index (Phi) is 4.58. The first-order chi connectivity index (χ1) is 6.63. The summed E-state index contributed by atoms with van der Waals surface area (Å²) in [6.45, 7) is 3.91. The zero-order chi connectivity index (χ0) is 10.6. The number of aryl methyl sites for hydroxylation is 1. The molecule has 0 aliphatic rings. The number of rotatable bonds is 4. The Hall–Kier alpha value is -0.380. The van der Waals surface area contributed by atoms with E-state index in [1.54, 1.807) is 0 Å². The summed E-state index contributed by atoms with van der Waals surface area (Å²) < 4.78 is 1.11. The first kappa shape index (κ1) is 11.7. The van der Waals surface area contributed by atoms with E-state index >= 15 is 0 Å². The number of hydrogen-bond donors (Lipinski definition) is 1. The van der Waals surface area contributed by atoms with Crippen molar-refractivity contribution in [1.82, 2.24) is 4.90 Å². The Labute approximate surface area is 93.7 Å². The van der Waals surface area contributed by atoms with Crippen molar-refractivity contribution >= 4 is 15.9 Å². The lowest BCUT2D eigenvalue weighted by atomic mass is 10.1. The van der Waals surface area contributed by atoms with Crippen molar-refractivity contribution in [3.8, 4) is 0 Å². The maximum absolute atomic E-state index is 8.79. The van der Waals surface area contributed by atoms with Crippen molar-refractivity contribution < 1.29 is 5.11 Å². The maximum atomic E-state index is 8.79. The van der Waals surface area contributed by atoms with E-state index in [0.29, 0.717) is 6.54 Å². The second-order valence-electron chi connectivity index (χ2n) is 3.53. The van der Waals surface area contributed by atoms with Gasteiger partial charge in [-0.15, -0.1) is 0 Å². The van der Waals surface area contributed by atoms with Crippen molar-refractivity contribution in [3.63, 3.8) is 0 Å². The number of aliphatic hydroxyl groups excluding tert-OH is 1. The number of likely N-dealkylation sites (N-methyl/N-ethyl adjacent to an activating group) is 1. The van der Waals surface area contributed by atoms with Gasteiger partial charge in [-0.2, -0.15) is 0 Å². The first-order valence-electron chi connectivity index (χ1n) is 4.68. The minimum absolute atomic E-state index is 0.212. The highest BCUT2D eigenvalue weighted by Crippen LogP contribution is 2.17. The molecule has 14 heavy (non-hydrogen) atoms. The van der Waals surface area contributed by atoms with Crippen LogP contribution in [0.4, 0.5) is 0 Å². The number of benzene rings is 1. The highest BCUT2D eigenvalue weighted by molar-refractivity contribution is 9.10. The standard InChI is InChI=1S/C11H16BrNO/c1-9-3-4-11(12)7-10(9)8-13(2)5-6-14/h3-4,7,14H,5-6,8H2,1-2H3. The highest BCUT2D eigenvalue weighted by Gasteiger charge is 2.03. The van der Waals surface area contributed by atoms with Gasteiger partial charge in [0.1, 0.15) is 0 Å². The molecule has 0 saturated carbocycles. The van der Waals surface area contributed by atoms with Gasteiger partial charge in [-0.05, 0) is 37.2 Å². The van der Waals surface area contributed by atoms with Crippen molar-refractivity contribution in [2.24, 2.45) is 0 Å². The molecule has 0 amide bonds. The molecule has 3 heteroatoms. The van der Waals surface area contributed by atoms with E-state index in [4.69, 9.17) is 5.11 Å². The lowest BCUT2D eigenvalue weighted by molar-refractivity contribution is 0.217. The van der Waals surface area contributed by atoms with Crippen LogP contribution in [0.15, 0.2) is 22.7 Å². The van der Waals surface area contributed by atoms with Crippen molar-refractivity contribution in [3.05, 3.63) is 33.8 Å². The number of halogens is 1. The van der Waals surface area contributed by atoms with Crippen molar-refractivity contribution in [2.45, 2.75) is 13.5 Å². The van der Waals surface area contributed by atoms with Gasteiger partial charge in [-0.3, -0.25) is 4.90 Å². The number of aliphatic hydroxyl groups is 1. The molecule has 0 fully saturated rings. The van der Waals surface area contributed by atoms with E-state index in [2.05, 4.69) is 39.9 Å². The minimum Gasteiger partial charge on any atom is -0.395 e. The maximum Gasteiger partial charge on any atom is 0.0558 e. The third kappa shape index (κ3) is 3.40. The lowest BCUT2D eigenvalue weighted by Crippen LogP contribution is -2.21. The largest absolute Gasteiger partial charge is 0.395 e. The van der Waals surface area contributed by atoms with Crippen LogP contribution in [0.2, 0.25) is 0 Å². The van der Waals surface area contributed by atoms with Crippen LogP contribution in [0.1, 0.15) is 11.1 Å². The zero-order valence-electron chi connectivity index (χ0n) is 8.63. The van der Waals surface area contributed by atoms with E-state index in [-0.39, 0.29) is 6.61 Å². The van der Waals surface area contributed by atoms with Crippen LogP contribution < -0.4 is 0 Å². The van der Waals surface area contributed by atoms with Gasteiger partial charge in [-0.25, -0.2) is 0 Å². The van der Waals surface area contributed by atoms with Gasteiger partial charge < -0.3 is 5.11 Å². The molecule has 0 aliphatic carbocycles. The van der Waals surface area contributed by atoms with Gasteiger partial charge in [0.25, 0.3) is 0 Å². The molecule has 1 rings (SSSR count). The second kappa shape index (κ2) is 5.49. The van der Waals surface area contributed by atoms with Crippen LogP contribution >= 0.6 is 15.9 Å². The van der Waals surface area contributed by atoms with Gasteiger partial charge in [0.15, 0.2) is 0 Å². The van der Waals surface area contributed by atoms with Gasteiger partial charge in [-0.1, -0.05) is 22.0 Å². The summed E-state index contributed by atoms with van der Waals surface area (Å²) in [6.07, 6.45) is 0. The van der Waals surface area contributed by atoms with Crippen molar-refractivity contribution in [1.29, 1.82) is 0 Å². The summed E-state index contributed by atoms with van der Waals surface area (Å²) in [5.74, 6) is 0. The molecule has 1 aromatic carbocycles. The molecular formula is C11H16BrNO. The van der Waals surface area contributed by atoms with Crippen molar-refractivity contribution in [2.75, 3.05) is 20.2 Å². The van der Waals surface area contributed by atoms with E-state index in [9.17, 15) is 0 Å². The van der Waals surface area contributed by atoms with Crippen LogP contribution in [-0.2, 0) is 6.54 Å². The van der Waals surface area contributed by atoms with E-state index in [1.807, 2.05) is 13.1 Å². The molecule has 0 aromatic heterocycles.